The average Bonchev–Trinajstić information content (AvgIpc) is 3.06. The second-order valence-electron chi connectivity index (χ2n) is 4.33. The molecule has 0 saturated carbocycles. The number of carbonyl (C=O) groups is 1. The van der Waals surface area contributed by atoms with Gasteiger partial charge in [-0.05, 0) is 11.6 Å². The highest BCUT2D eigenvalue weighted by Crippen LogP contribution is 2.39. The Morgan fingerprint density at radius 3 is 3.21 bits per heavy atom. The molecular weight excluding hydrogens is 262 g/mol. The molecule has 1 aromatic heterocycles. The SMILES string of the molecule is COC(=O)c1ncn(CC2CSc3ccccc32)n1. The van der Waals surface area contributed by atoms with Crippen LogP contribution in [-0.2, 0) is 11.3 Å². The summed E-state index contributed by atoms with van der Waals surface area (Å²) in [5.41, 5.74) is 1.35. The second-order valence-corrected chi connectivity index (χ2v) is 5.39. The van der Waals surface area contributed by atoms with Crippen LogP contribution in [0.1, 0.15) is 22.1 Å². The number of ether oxygens (including phenoxy) is 1. The van der Waals surface area contributed by atoms with Crippen LogP contribution < -0.4 is 0 Å². The molecule has 2 heterocycles. The molecule has 1 aromatic carbocycles. The van der Waals surface area contributed by atoms with Gasteiger partial charge in [0, 0.05) is 16.6 Å². The zero-order valence-corrected chi connectivity index (χ0v) is 11.3. The predicted molar refractivity (Wildman–Crippen MR) is 71.3 cm³/mol. The number of rotatable bonds is 3. The Balaban J connectivity index is 1.76. The fraction of sp³-hybridized carbons (Fsp3) is 0.308. The highest BCUT2D eigenvalue weighted by molar-refractivity contribution is 7.99. The summed E-state index contributed by atoms with van der Waals surface area (Å²) >= 11 is 1.86. The molecule has 0 saturated heterocycles. The summed E-state index contributed by atoms with van der Waals surface area (Å²) in [6.07, 6.45) is 1.58. The van der Waals surface area contributed by atoms with Crippen molar-refractivity contribution in [3.05, 3.63) is 42.0 Å². The van der Waals surface area contributed by atoms with Crippen LogP contribution in [0.25, 0.3) is 0 Å². The third kappa shape index (κ3) is 2.35. The van der Waals surface area contributed by atoms with Crippen molar-refractivity contribution in [3.8, 4) is 0 Å². The number of aromatic nitrogens is 3. The van der Waals surface area contributed by atoms with E-state index in [0.29, 0.717) is 5.92 Å². The first-order valence-corrected chi connectivity index (χ1v) is 6.96. The van der Waals surface area contributed by atoms with Gasteiger partial charge in [-0.2, -0.15) is 0 Å². The molecule has 5 nitrogen and oxygen atoms in total. The van der Waals surface area contributed by atoms with Crippen molar-refractivity contribution in [1.29, 1.82) is 0 Å². The maximum absolute atomic E-state index is 11.3. The van der Waals surface area contributed by atoms with E-state index in [-0.39, 0.29) is 5.82 Å². The summed E-state index contributed by atoms with van der Waals surface area (Å²) in [6, 6.07) is 8.40. The molecule has 0 bridgehead atoms. The van der Waals surface area contributed by atoms with Crippen LogP contribution in [0.15, 0.2) is 35.5 Å². The molecule has 6 heteroatoms. The third-order valence-corrected chi connectivity index (χ3v) is 4.36. The number of carbonyl (C=O) groups excluding carboxylic acids is 1. The van der Waals surface area contributed by atoms with Crippen molar-refractivity contribution in [3.63, 3.8) is 0 Å². The standard InChI is InChI=1S/C13H13N3O2S/c1-18-13(17)12-14-8-16(15-12)6-9-7-19-11-5-3-2-4-10(9)11/h2-5,8-9H,6-7H2,1H3. The van der Waals surface area contributed by atoms with Gasteiger partial charge >= 0.3 is 5.97 Å². The number of esters is 1. The smallest absolute Gasteiger partial charge is 0.377 e. The quantitative estimate of drug-likeness (QED) is 0.801. The van der Waals surface area contributed by atoms with Crippen molar-refractivity contribution >= 4 is 17.7 Å². The fourth-order valence-corrected chi connectivity index (χ4v) is 3.42. The lowest BCUT2D eigenvalue weighted by atomic mass is 10.0. The van der Waals surface area contributed by atoms with E-state index in [1.807, 2.05) is 11.8 Å². The summed E-state index contributed by atoms with van der Waals surface area (Å²) in [5, 5.41) is 4.14. The van der Waals surface area contributed by atoms with E-state index in [4.69, 9.17) is 0 Å². The lowest BCUT2D eigenvalue weighted by Crippen LogP contribution is -2.11. The lowest BCUT2D eigenvalue weighted by molar-refractivity contribution is 0.0586. The minimum atomic E-state index is -0.500. The number of hydrogen-bond acceptors (Lipinski definition) is 5. The zero-order valence-electron chi connectivity index (χ0n) is 10.4. The number of fused-ring (bicyclic) bond motifs is 1. The molecule has 0 radical (unpaired) electrons. The Kier molecular flexibility index (Phi) is 3.25. The molecule has 1 aliphatic rings. The highest BCUT2D eigenvalue weighted by Gasteiger charge is 2.23. The highest BCUT2D eigenvalue weighted by atomic mass is 32.2. The largest absolute Gasteiger partial charge is 0.463 e. The van der Waals surface area contributed by atoms with Gasteiger partial charge in [0.05, 0.1) is 13.7 Å². The number of benzene rings is 1. The Morgan fingerprint density at radius 2 is 2.37 bits per heavy atom. The van der Waals surface area contributed by atoms with Gasteiger partial charge in [-0.15, -0.1) is 16.9 Å². The van der Waals surface area contributed by atoms with Crippen molar-refractivity contribution in [2.75, 3.05) is 12.9 Å². The fourth-order valence-electron chi connectivity index (χ4n) is 2.17. The molecule has 1 atom stereocenters. The molecule has 98 valence electrons. The second kappa shape index (κ2) is 5.05. The van der Waals surface area contributed by atoms with Crippen LogP contribution in [0, 0.1) is 0 Å². The van der Waals surface area contributed by atoms with Crippen LogP contribution in [0.4, 0.5) is 0 Å². The Hall–Kier alpha value is -1.82. The van der Waals surface area contributed by atoms with Gasteiger partial charge in [-0.25, -0.2) is 9.78 Å². The first-order valence-electron chi connectivity index (χ1n) is 5.97. The van der Waals surface area contributed by atoms with Crippen LogP contribution in [-0.4, -0.2) is 33.6 Å². The van der Waals surface area contributed by atoms with Gasteiger partial charge in [0.1, 0.15) is 6.33 Å². The van der Waals surface area contributed by atoms with Crippen LogP contribution >= 0.6 is 11.8 Å². The van der Waals surface area contributed by atoms with E-state index in [9.17, 15) is 4.79 Å². The van der Waals surface area contributed by atoms with Crippen molar-refractivity contribution < 1.29 is 9.53 Å². The number of hydrogen-bond donors (Lipinski definition) is 0. The summed E-state index contributed by atoms with van der Waals surface area (Å²) < 4.78 is 6.30. The molecule has 0 amide bonds. The van der Waals surface area contributed by atoms with E-state index < -0.39 is 5.97 Å². The third-order valence-electron chi connectivity index (χ3n) is 3.11. The maximum Gasteiger partial charge on any atom is 0.377 e. The number of nitrogens with zero attached hydrogens (tertiary/aromatic N) is 3. The minimum Gasteiger partial charge on any atom is -0.463 e. The summed E-state index contributed by atoms with van der Waals surface area (Å²) in [6.45, 7) is 0.730. The Labute approximate surface area is 115 Å². The molecule has 0 aliphatic carbocycles. The molecule has 0 fully saturated rings. The zero-order chi connectivity index (χ0) is 13.2. The molecule has 1 aliphatic heterocycles. The van der Waals surface area contributed by atoms with E-state index in [1.165, 1.54) is 17.6 Å². The Morgan fingerprint density at radius 1 is 1.53 bits per heavy atom. The topological polar surface area (TPSA) is 57.0 Å². The Bertz CT molecular complexity index is 611. The van der Waals surface area contributed by atoms with Gasteiger partial charge in [-0.1, -0.05) is 18.2 Å². The summed E-state index contributed by atoms with van der Waals surface area (Å²) in [4.78, 5) is 16.6. The van der Waals surface area contributed by atoms with Gasteiger partial charge in [0.25, 0.3) is 5.82 Å². The molecule has 2 aromatic rings. The maximum atomic E-state index is 11.3. The number of methoxy groups -OCH3 is 1. The van der Waals surface area contributed by atoms with Crippen LogP contribution in [0.3, 0.4) is 0 Å². The molecule has 0 spiro atoms. The average molecular weight is 275 g/mol. The molecular formula is C13H13N3O2S. The van der Waals surface area contributed by atoms with Crippen LogP contribution in [0.2, 0.25) is 0 Å². The summed E-state index contributed by atoms with van der Waals surface area (Å²) in [7, 11) is 1.33. The van der Waals surface area contributed by atoms with Gasteiger partial charge in [0.2, 0.25) is 0 Å². The molecule has 0 N–H and O–H groups in total. The molecule has 1 unspecified atom stereocenters. The normalized spacial score (nSPS) is 17.2. The first-order chi connectivity index (χ1) is 9.28. The van der Waals surface area contributed by atoms with Crippen molar-refractivity contribution in [1.82, 2.24) is 14.8 Å². The molecule has 19 heavy (non-hydrogen) atoms. The van der Waals surface area contributed by atoms with Gasteiger partial charge in [-0.3, -0.25) is 4.68 Å². The van der Waals surface area contributed by atoms with E-state index in [1.54, 1.807) is 11.0 Å². The molecule has 3 rings (SSSR count). The number of thioether (sulfide) groups is 1. The van der Waals surface area contributed by atoms with E-state index >= 15 is 0 Å². The van der Waals surface area contributed by atoms with Crippen molar-refractivity contribution in [2.45, 2.75) is 17.4 Å². The summed E-state index contributed by atoms with van der Waals surface area (Å²) in [5.74, 6) is 1.06. The predicted octanol–water partition coefficient (Wildman–Crippen LogP) is 1.95. The van der Waals surface area contributed by atoms with Gasteiger partial charge in [0.15, 0.2) is 0 Å². The van der Waals surface area contributed by atoms with E-state index in [2.05, 4.69) is 39.1 Å². The monoisotopic (exact) mass is 275 g/mol. The van der Waals surface area contributed by atoms with Gasteiger partial charge < -0.3 is 4.74 Å². The minimum absolute atomic E-state index is 0.112. The first kappa shape index (κ1) is 12.2. The van der Waals surface area contributed by atoms with E-state index in [0.717, 1.165) is 12.3 Å². The lowest BCUT2D eigenvalue weighted by Gasteiger charge is -2.09. The van der Waals surface area contributed by atoms with Crippen LogP contribution in [0.5, 0.6) is 0 Å². The van der Waals surface area contributed by atoms with Crippen molar-refractivity contribution in [2.24, 2.45) is 0 Å².